The van der Waals surface area contributed by atoms with Gasteiger partial charge in [-0.15, -0.1) is 0 Å². The van der Waals surface area contributed by atoms with E-state index in [4.69, 9.17) is 0 Å². The summed E-state index contributed by atoms with van der Waals surface area (Å²) < 4.78 is 2.03. The van der Waals surface area contributed by atoms with Gasteiger partial charge in [-0.2, -0.15) is 5.10 Å². The Morgan fingerprint density at radius 1 is 1.28 bits per heavy atom. The molecule has 1 aromatic carbocycles. The molecular weight excluding hydrogens is 312 g/mol. The standard InChI is InChI=1S/C19H26N6/c1-3-20-19(23-17-11-16(17)14-7-5-4-6-8-14)22-15-9-10-18-21-13(2)24-25(18)12-15/h4-8,15-17H,3,9-12H2,1-2H3,(H2,20,22,23). The summed E-state index contributed by atoms with van der Waals surface area (Å²) in [5.74, 6) is 3.49. The predicted octanol–water partition coefficient (Wildman–Crippen LogP) is 2.01. The van der Waals surface area contributed by atoms with Crippen LogP contribution in [0, 0.1) is 6.92 Å². The third-order valence-corrected chi connectivity index (χ3v) is 4.96. The third kappa shape index (κ3) is 3.67. The van der Waals surface area contributed by atoms with Gasteiger partial charge in [0.15, 0.2) is 5.96 Å². The largest absolute Gasteiger partial charge is 0.353 e. The quantitative estimate of drug-likeness (QED) is 0.661. The van der Waals surface area contributed by atoms with Crippen molar-refractivity contribution in [1.82, 2.24) is 25.4 Å². The van der Waals surface area contributed by atoms with Gasteiger partial charge in [-0.25, -0.2) is 9.67 Å². The second kappa shape index (κ2) is 6.86. The number of aryl methyl sites for hydroxylation is 2. The van der Waals surface area contributed by atoms with E-state index in [1.165, 1.54) is 12.0 Å². The molecule has 2 aromatic rings. The summed E-state index contributed by atoms with van der Waals surface area (Å²) in [5.41, 5.74) is 1.41. The number of nitrogens with one attached hydrogen (secondary N) is 2. The van der Waals surface area contributed by atoms with Crippen molar-refractivity contribution >= 4 is 5.96 Å². The molecule has 1 aliphatic carbocycles. The second-order valence-corrected chi connectivity index (χ2v) is 6.96. The van der Waals surface area contributed by atoms with Crippen LogP contribution >= 0.6 is 0 Å². The van der Waals surface area contributed by atoms with Crippen molar-refractivity contribution in [2.45, 2.75) is 57.7 Å². The molecule has 2 N–H and O–H groups in total. The summed E-state index contributed by atoms with van der Waals surface area (Å²) in [6.45, 7) is 5.66. The van der Waals surface area contributed by atoms with E-state index in [1.54, 1.807) is 0 Å². The first-order valence-corrected chi connectivity index (χ1v) is 9.25. The summed E-state index contributed by atoms with van der Waals surface area (Å²) >= 11 is 0. The summed E-state index contributed by atoms with van der Waals surface area (Å²) in [4.78, 5) is 9.12. The van der Waals surface area contributed by atoms with E-state index in [0.717, 1.165) is 43.5 Å². The minimum Gasteiger partial charge on any atom is -0.353 e. The number of guanidine groups is 1. The first kappa shape index (κ1) is 16.1. The molecule has 25 heavy (non-hydrogen) atoms. The lowest BCUT2D eigenvalue weighted by atomic mass is 10.1. The summed E-state index contributed by atoms with van der Waals surface area (Å²) in [6, 6.07) is 11.6. The Morgan fingerprint density at radius 3 is 2.92 bits per heavy atom. The van der Waals surface area contributed by atoms with Gasteiger partial charge in [0.1, 0.15) is 11.6 Å². The molecule has 132 valence electrons. The number of hydrogen-bond donors (Lipinski definition) is 2. The number of fused-ring (bicyclic) bond motifs is 1. The van der Waals surface area contributed by atoms with E-state index in [-0.39, 0.29) is 0 Å². The van der Waals surface area contributed by atoms with Crippen LogP contribution < -0.4 is 10.6 Å². The fourth-order valence-corrected chi connectivity index (χ4v) is 3.63. The SMILES string of the molecule is CCN=C(NC1CCc2nc(C)nn2C1)NC1CC1c1ccccc1. The van der Waals surface area contributed by atoms with E-state index in [0.29, 0.717) is 18.0 Å². The van der Waals surface area contributed by atoms with Crippen LogP contribution in [-0.4, -0.2) is 39.4 Å². The maximum atomic E-state index is 4.64. The smallest absolute Gasteiger partial charge is 0.191 e. The number of hydrogen-bond acceptors (Lipinski definition) is 3. The number of aromatic nitrogens is 3. The highest BCUT2D eigenvalue weighted by Gasteiger charge is 2.39. The Labute approximate surface area is 148 Å². The van der Waals surface area contributed by atoms with Crippen LogP contribution in [0.25, 0.3) is 0 Å². The van der Waals surface area contributed by atoms with E-state index in [2.05, 4.69) is 63.0 Å². The van der Waals surface area contributed by atoms with Crippen LogP contribution in [0.4, 0.5) is 0 Å². The minimum absolute atomic E-state index is 0.348. The van der Waals surface area contributed by atoms with Crippen molar-refractivity contribution in [3.05, 3.63) is 47.5 Å². The Morgan fingerprint density at radius 2 is 2.12 bits per heavy atom. The topological polar surface area (TPSA) is 67.1 Å². The predicted molar refractivity (Wildman–Crippen MR) is 98.7 cm³/mol. The van der Waals surface area contributed by atoms with Gasteiger partial charge in [0.05, 0.1) is 6.54 Å². The molecule has 1 aliphatic heterocycles. The molecule has 3 unspecified atom stereocenters. The number of aliphatic imine (C=N–C) groups is 1. The van der Waals surface area contributed by atoms with E-state index in [1.807, 2.05) is 11.6 Å². The molecule has 0 bridgehead atoms. The molecule has 6 nitrogen and oxygen atoms in total. The first-order chi connectivity index (χ1) is 12.2. The fourth-order valence-electron chi connectivity index (χ4n) is 3.63. The number of nitrogens with zero attached hydrogens (tertiary/aromatic N) is 4. The van der Waals surface area contributed by atoms with E-state index in [9.17, 15) is 0 Å². The van der Waals surface area contributed by atoms with E-state index >= 15 is 0 Å². The maximum absolute atomic E-state index is 4.64. The molecule has 0 spiro atoms. The first-order valence-electron chi connectivity index (χ1n) is 9.25. The molecule has 3 atom stereocenters. The van der Waals surface area contributed by atoms with Gasteiger partial charge in [0, 0.05) is 31.0 Å². The average Bonchev–Trinajstić information content (AvgIpc) is 3.27. The van der Waals surface area contributed by atoms with E-state index < -0.39 is 0 Å². The number of rotatable bonds is 4. The zero-order valence-electron chi connectivity index (χ0n) is 14.9. The molecule has 4 rings (SSSR count). The van der Waals surface area contributed by atoms with Crippen molar-refractivity contribution in [3.63, 3.8) is 0 Å². The molecule has 6 heteroatoms. The highest BCUT2D eigenvalue weighted by atomic mass is 15.4. The number of benzene rings is 1. The van der Waals surface area contributed by atoms with Crippen molar-refractivity contribution in [2.24, 2.45) is 4.99 Å². The lowest BCUT2D eigenvalue weighted by Crippen LogP contribution is -2.48. The molecule has 1 saturated carbocycles. The summed E-state index contributed by atoms with van der Waals surface area (Å²) in [6.07, 6.45) is 3.20. The molecule has 0 saturated heterocycles. The summed E-state index contributed by atoms with van der Waals surface area (Å²) in [7, 11) is 0. The van der Waals surface area contributed by atoms with Gasteiger partial charge in [0.2, 0.25) is 0 Å². The third-order valence-electron chi connectivity index (χ3n) is 4.96. The lowest BCUT2D eigenvalue weighted by molar-refractivity contribution is 0.392. The van der Waals surface area contributed by atoms with Crippen LogP contribution in [0.15, 0.2) is 35.3 Å². The Hall–Kier alpha value is -2.37. The molecule has 1 aromatic heterocycles. The summed E-state index contributed by atoms with van der Waals surface area (Å²) in [5, 5.41) is 11.7. The van der Waals surface area contributed by atoms with Crippen LogP contribution in [0.3, 0.4) is 0 Å². The molecule has 2 aliphatic rings. The molecular formula is C19H26N6. The monoisotopic (exact) mass is 338 g/mol. The van der Waals surface area contributed by atoms with Crippen LogP contribution in [0.2, 0.25) is 0 Å². The van der Waals surface area contributed by atoms with Crippen LogP contribution in [0.5, 0.6) is 0 Å². The van der Waals surface area contributed by atoms with Crippen molar-refractivity contribution < 1.29 is 0 Å². The molecule has 1 fully saturated rings. The van der Waals surface area contributed by atoms with Crippen molar-refractivity contribution in [3.8, 4) is 0 Å². The van der Waals surface area contributed by atoms with Crippen LogP contribution in [-0.2, 0) is 13.0 Å². The molecule has 0 radical (unpaired) electrons. The zero-order chi connectivity index (χ0) is 17.2. The van der Waals surface area contributed by atoms with Gasteiger partial charge in [-0.1, -0.05) is 30.3 Å². The van der Waals surface area contributed by atoms with Gasteiger partial charge in [-0.05, 0) is 32.3 Å². The fraction of sp³-hybridized carbons (Fsp3) is 0.526. The van der Waals surface area contributed by atoms with Gasteiger partial charge in [-0.3, -0.25) is 4.99 Å². The Kier molecular flexibility index (Phi) is 4.42. The average molecular weight is 338 g/mol. The molecule has 0 amide bonds. The zero-order valence-corrected chi connectivity index (χ0v) is 14.9. The Balaban J connectivity index is 1.36. The highest BCUT2D eigenvalue weighted by molar-refractivity contribution is 5.81. The van der Waals surface area contributed by atoms with Crippen molar-refractivity contribution in [1.29, 1.82) is 0 Å². The normalized spacial score (nSPS) is 25.4. The maximum Gasteiger partial charge on any atom is 0.191 e. The second-order valence-electron chi connectivity index (χ2n) is 6.96. The highest BCUT2D eigenvalue weighted by Crippen LogP contribution is 2.40. The van der Waals surface area contributed by atoms with Gasteiger partial charge in [0.25, 0.3) is 0 Å². The van der Waals surface area contributed by atoms with Gasteiger partial charge < -0.3 is 10.6 Å². The Bertz CT molecular complexity index is 751. The molecule has 2 heterocycles. The van der Waals surface area contributed by atoms with Gasteiger partial charge >= 0.3 is 0 Å². The van der Waals surface area contributed by atoms with Crippen molar-refractivity contribution in [2.75, 3.05) is 6.54 Å². The van der Waals surface area contributed by atoms with Crippen LogP contribution in [0.1, 0.15) is 42.9 Å². The minimum atomic E-state index is 0.348. The lowest BCUT2D eigenvalue weighted by Gasteiger charge is -2.25.